The molecule has 1 aliphatic rings. The molecular weight excluding hydrogens is 234 g/mol. The Morgan fingerprint density at radius 3 is 2.41 bits per heavy atom. The maximum absolute atomic E-state index is 9.58. The smallest absolute Gasteiger partial charge is 0.175 e. The summed E-state index contributed by atoms with van der Waals surface area (Å²) < 4.78 is 10.2. The monoisotopic (exact) mass is 253 g/mol. The summed E-state index contributed by atoms with van der Waals surface area (Å²) in [5, 5.41) is 45.7. The summed E-state index contributed by atoms with van der Waals surface area (Å²) in [6, 6.07) is -1.00. The molecule has 0 saturated carbocycles. The fraction of sp³-hybridized carbons (Fsp3) is 1.00. The first-order chi connectivity index (χ1) is 8.01. The van der Waals surface area contributed by atoms with Gasteiger partial charge in [0.1, 0.15) is 24.4 Å². The Morgan fingerprint density at radius 1 is 1.24 bits per heavy atom. The van der Waals surface area contributed by atoms with Crippen LogP contribution in [0, 0.1) is 0 Å². The van der Waals surface area contributed by atoms with E-state index < -0.39 is 50.0 Å². The van der Waals surface area contributed by atoms with E-state index in [0.29, 0.717) is 0 Å². The Hall–Kier alpha value is -0.320. The van der Waals surface area contributed by atoms with E-state index in [-0.39, 0.29) is 6.61 Å². The van der Waals surface area contributed by atoms with Gasteiger partial charge in [-0.2, -0.15) is 0 Å². The van der Waals surface area contributed by atoms with Crippen LogP contribution in [0.1, 0.15) is 0 Å². The van der Waals surface area contributed by atoms with Crippen LogP contribution in [0.4, 0.5) is 0 Å². The summed E-state index contributed by atoms with van der Waals surface area (Å²) in [6.45, 7) is -1.19. The maximum Gasteiger partial charge on any atom is 0.175 e. The van der Waals surface area contributed by atoms with E-state index in [4.69, 9.17) is 30.5 Å². The van der Waals surface area contributed by atoms with Gasteiger partial charge in [0.15, 0.2) is 6.29 Å². The summed E-state index contributed by atoms with van der Waals surface area (Å²) >= 11 is 0. The third-order valence-electron chi connectivity index (χ3n) is 2.59. The SMILES string of the molecule is N[C@H]1[C@H](OCC(O)CO)O[C@H](CO)[C@@H](O)[C@@H]1O. The Balaban J connectivity index is 2.53. The molecule has 8 heteroatoms. The number of ether oxygens (including phenoxy) is 2. The van der Waals surface area contributed by atoms with Crippen LogP contribution in [0.15, 0.2) is 0 Å². The Kier molecular flexibility index (Phi) is 5.70. The quantitative estimate of drug-likeness (QED) is 0.292. The van der Waals surface area contributed by atoms with Gasteiger partial charge in [0.05, 0.1) is 25.9 Å². The van der Waals surface area contributed by atoms with E-state index in [0.717, 1.165) is 0 Å². The van der Waals surface area contributed by atoms with Gasteiger partial charge in [0.2, 0.25) is 0 Å². The van der Waals surface area contributed by atoms with Crippen LogP contribution in [-0.2, 0) is 9.47 Å². The molecule has 1 saturated heterocycles. The van der Waals surface area contributed by atoms with Gasteiger partial charge in [0, 0.05) is 0 Å². The third kappa shape index (κ3) is 3.57. The molecule has 0 aliphatic carbocycles. The molecule has 0 bridgehead atoms. The lowest BCUT2D eigenvalue weighted by Crippen LogP contribution is -2.62. The molecule has 0 radical (unpaired) electrons. The lowest BCUT2D eigenvalue weighted by atomic mass is 9.98. The molecule has 0 aromatic rings. The molecule has 17 heavy (non-hydrogen) atoms. The molecule has 102 valence electrons. The van der Waals surface area contributed by atoms with Crippen molar-refractivity contribution < 1.29 is 35.0 Å². The molecule has 0 aromatic heterocycles. The van der Waals surface area contributed by atoms with Crippen LogP contribution in [0.5, 0.6) is 0 Å². The summed E-state index contributed by atoms with van der Waals surface area (Å²) in [4.78, 5) is 0. The lowest BCUT2D eigenvalue weighted by molar-refractivity contribution is -0.270. The van der Waals surface area contributed by atoms with E-state index >= 15 is 0 Å². The molecule has 1 fully saturated rings. The predicted octanol–water partition coefficient (Wildman–Crippen LogP) is -3.88. The Morgan fingerprint density at radius 2 is 1.88 bits per heavy atom. The lowest BCUT2D eigenvalue weighted by Gasteiger charge is -2.40. The second kappa shape index (κ2) is 6.57. The molecule has 0 spiro atoms. The molecule has 7 N–H and O–H groups in total. The van der Waals surface area contributed by atoms with Crippen LogP contribution in [-0.4, -0.2) is 82.1 Å². The summed E-state index contributed by atoms with van der Waals surface area (Å²) in [7, 11) is 0. The molecular formula is C9H19NO7. The summed E-state index contributed by atoms with van der Waals surface area (Å²) in [5.41, 5.74) is 5.57. The van der Waals surface area contributed by atoms with E-state index in [9.17, 15) is 10.2 Å². The molecule has 1 rings (SSSR count). The van der Waals surface area contributed by atoms with Crippen molar-refractivity contribution in [3.8, 4) is 0 Å². The largest absolute Gasteiger partial charge is 0.394 e. The summed E-state index contributed by atoms with van der Waals surface area (Å²) in [5.74, 6) is 0. The van der Waals surface area contributed by atoms with Crippen molar-refractivity contribution in [3.63, 3.8) is 0 Å². The van der Waals surface area contributed by atoms with Crippen LogP contribution in [0.3, 0.4) is 0 Å². The second-order valence-corrected chi connectivity index (χ2v) is 3.95. The van der Waals surface area contributed by atoms with Gasteiger partial charge < -0.3 is 40.7 Å². The number of aliphatic hydroxyl groups excluding tert-OH is 5. The number of hydrogen-bond donors (Lipinski definition) is 6. The van der Waals surface area contributed by atoms with Gasteiger partial charge in [-0.1, -0.05) is 0 Å². The molecule has 6 atom stereocenters. The summed E-state index contributed by atoms with van der Waals surface area (Å²) in [6.07, 6.45) is -5.73. The Bertz CT molecular complexity index is 227. The van der Waals surface area contributed by atoms with Gasteiger partial charge in [-0.05, 0) is 0 Å². The molecule has 1 heterocycles. The van der Waals surface area contributed by atoms with Crippen LogP contribution in [0.25, 0.3) is 0 Å². The average molecular weight is 253 g/mol. The number of hydrogen-bond acceptors (Lipinski definition) is 8. The van der Waals surface area contributed by atoms with Crippen molar-refractivity contribution in [2.45, 2.75) is 36.7 Å². The molecule has 8 nitrogen and oxygen atoms in total. The van der Waals surface area contributed by atoms with Gasteiger partial charge in [0.25, 0.3) is 0 Å². The number of aliphatic hydroxyl groups is 5. The van der Waals surface area contributed by atoms with Crippen LogP contribution in [0.2, 0.25) is 0 Å². The first-order valence-corrected chi connectivity index (χ1v) is 5.29. The Labute approximate surface area is 98.2 Å². The maximum atomic E-state index is 9.58. The minimum Gasteiger partial charge on any atom is -0.394 e. The fourth-order valence-corrected chi connectivity index (χ4v) is 1.51. The van der Waals surface area contributed by atoms with E-state index in [1.54, 1.807) is 0 Å². The highest BCUT2D eigenvalue weighted by Crippen LogP contribution is 2.20. The normalized spacial score (nSPS) is 40.2. The van der Waals surface area contributed by atoms with Crippen molar-refractivity contribution in [1.29, 1.82) is 0 Å². The second-order valence-electron chi connectivity index (χ2n) is 3.95. The molecule has 1 aliphatic heterocycles. The van der Waals surface area contributed by atoms with Gasteiger partial charge in [-0.3, -0.25) is 0 Å². The topological polar surface area (TPSA) is 146 Å². The minimum atomic E-state index is -1.29. The van der Waals surface area contributed by atoms with Crippen LogP contribution < -0.4 is 5.73 Å². The first kappa shape index (κ1) is 14.7. The van der Waals surface area contributed by atoms with Gasteiger partial charge in [-0.25, -0.2) is 0 Å². The minimum absolute atomic E-state index is 0.226. The molecule has 0 amide bonds. The van der Waals surface area contributed by atoms with Crippen molar-refractivity contribution in [2.75, 3.05) is 19.8 Å². The fourth-order valence-electron chi connectivity index (χ4n) is 1.51. The average Bonchev–Trinajstić information content (AvgIpc) is 2.34. The molecule has 0 aromatic carbocycles. The molecule has 1 unspecified atom stereocenters. The number of nitrogens with two attached hydrogens (primary N) is 1. The highest BCUT2D eigenvalue weighted by atomic mass is 16.7. The zero-order chi connectivity index (χ0) is 13.0. The van der Waals surface area contributed by atoms with E-state index in [1.165, 1.54) is 0 Å². The van der Waals surface area contributed by atoms with E-state index in [1.807, 2.05) is 0 Å². The standard InChI is InChI=1S/C9H19NO7/c10-6-8(15)7(14)5(2-12)17-9(6)16-3-4(13)1-11/h4-9,11-15H,1-3,10H2/t4?,5-,6-,7-,8-,9-/m1/s1. The highest BCUT2D eigenvalue weighted by molar-refractivity contribution is 4.91. The zero-order valence-electron chi connectivity index (χ0n) is 9.22. The zero-order valence-corrected chi connectivity index (χ0v) is 9.22. The van der Waals surface area contributed by atoms with Crippen molar-refractivity contribution in [2.24, 2.45) is 5.73 Å². The van der Waals surface area contributed by atoms with Crippen molar-refractivity contribution >= 4 is 0 Å². The van der Waals surface area contributed by atoms with Crippen molar-refractivity contribution in [1.82, 2.24) is 0 Å². The third-order valence-corrected chi connectivity index (χ3v) is 2.59. The van der Waals surface area contributed by atoms with Gasteiger partial charge >= 0.3 is 0 Å². The first-order valence-electron chi connectivity index (χ1n) is 5.29. The predicted molar refractivity (Wildman–Crippen MR) is 54.8 cm³/mol. The number of rotatable bonds is 5. The van der Waals surface area contributed by atoms with Crippen molar-refractivity contribution in [3.05, 3.63) is 0 Å². The van der Waals surface area contributed by atoms with Gasteiger partial charge in [-0.15, -0.1) is 0 Å². The highest BCUT2D eigenvalue weighted by Gasteiger charge is 2.43. The van der Waals surface area contributed by atoms with Crippen LogP contribution >= 0.6 is 0 Å². The van der Waals surface area contributed by atoms with E-state index in [2.05, 4.69) is 0 Å².